The Morgan fingerprint density at radius 3 is 2.10 bits per heavy atom. The number of rotatable bonds is 7. The van der Waals surface area contributed by atoms with Crippen LogP contribution < -0.4 is 0 Å². The van der Waals surface area contributed by atoms with Crippen molar-refractivity contribution in [1.29, 1.82) is 0 Å². The zero-order valence-corrected chi connectivity index (χ0v) is 18.4. The summed E-state index contributed by atoms with van der Waals surface area (Å²) in [6.45, 7) is 5.04. The summed E-state index contributed by atoms with van der Waals surface area (Å²) in [5.74, 6) is 0.315. The molecule has 1 aliphatic heterocycles. The number of allylic oxidation sites excluding steroid dienone is 1. The van der Waals surface area contributed by atoms with Gasteiger partial charge in [0.1, 0.15) is 0 Å². The van der Waals surface area contributed by atoms with Crippen LogP contribution in [0.25, 0.3) is 5.57 Å². The molecule has 0 radical (unpaired) electrons. The molecule has 1 aliphatic carbocycles. The van der Waals surface area contributed by atoms with Gasteiger partial charge >= 0.3 is 0 Å². The molecule has 1 heterocycles. The molecule has 0 saturated heterocycles. The van der Waals surface area contributed by atoms with E-state index in [2.05, 4.69) is 44.2 Å². The van der Waals surface area contributed by atoms with Gasteiger partial charge in [0.2, 0.25) is 0 Å². The fourth-order valence-corrected chi connectivity index (χ4v) is 4.51. The van der Waals surface area contributed by atoms with Crippen LogP contribution in [0, 0.1) is 5.92 Å². The van der Waals surface area contributed by atoms with Gasteiger partial charge in [-0.05, 0) is 61.3 Å². The number of amides is 2. The Bertz CT molecular complexity index is 920. The van der Waals surface area contributed by atoms with Crippen LogP contribution >= 0.6 is 0 Å². The van der Waals surface area contributed by atoms with Gasteiger partial charge in [0.15, 0.2) is 0 Å². The second-order valence-corrected chi connectivity index (χ2v) is 8.99. The van der Waals surface area contributed by atoms with Gasteiger partial charge in [0.05, 0.1) is 23.8 Å². The molecule has 0 spiro atoms. The number of ether oxygens (including phenoxy) is 1. The lowest BCUT2D eigenvalue weighted by molar-refractivity contribution is 0.0226. The van der Waals surface area contributed by atoms with Crippen LogP contribution in [-0.2, 0) is 4.74 Å². The molecule has 2 amide bonds. The van der Waals surface area contributed by atoms with E-state index in [0.717, 1.165) is 32.1 Å². The van der Waals surface area contributed by atoms with Crippen molar-refractivity contribution in [2.45, 2.75) is 58.1 Å². The number of hydrogen-bond donors (Lipinski definition) is 0. The SMILES string of the molecule is CC(C)C/C=C(/COC1CCC(N2C(=O)c3ccccc3C2=O)CC1)c1ccccc1. The molecule has 2 aromatic carbocycles. The molecule has 0 N–H and O–H groups in total. The highest BCUT2D eigenvalue weighted by atomic mass is 16.5. The predicted octanol–water partition coefficient (Wildman–Crippen LogP) is 5.74. The van der Waals surface area contributed by atoms with Gasteiger partial charge in [-0.15, -0.1) is 0 Å². The van der Waals surface area contributed by atoms with E-state index in [1.807, 2.05) is 18.2 Å². The number of carbonyl (C=O) groups is 2. The van der Waals surface area contributed by atoms with Gasteiger partial charge in [-0.25, -0.2) is 0 Å². The summed E-state index contributed by atoms with van der Waals surface area (Å²) in [4.78, 5) is 27.0. The molecule has 4 rings (SSSR count). The highest BCUT2D eigenvalue weighted by Crippen LogP contribution is 2.32. The van der Waals surface area contributed by atoms with E-state index in [1.165, 1.54) is 16.0 Å². The minimum absolute atomic E-state index is 0.0303. The number of imide groups is 1. The van der Waals surface area contributed by atoms with Crippen molar-refractivity contribution in [3.8, 4) is 0 Å². The number of fused-ring (bicyclic) bond motifs is 1. The van der Waals surface area contributed by atoms with Crippen molar-refractivity contribution >= 4 is 17.4 Å². The lowest BCUT2D eigenvalue weighted by Crippen LogP contribution is -2.43. The first-order valence-electron chi connectivity index (χ1n) is 11.4. The van der Waals surface area contributed by atoms with E-state index < -0.39 is 0 Å². The minimum Gasteiger partial charge on any atom is -0.374 e. The second kappa shape index (κ2) is 9.61. The van der Waals surface area contributed by atoms with Gasteiger partial charge in [-0.3, -0.25) is 14.5 Å². The smallest absolute Gasteiger partial charge is 0.261 e. The van der Waals surface area contributed by atoms with Crippen LogP contribution in [0.1, 0.15) is 72.2 Å². The molecule has 0 aromatic heterocycles. The molecular formula is C27H31NO3. The molecular weight excluding hydrogens is 386 g/mol. The van der Waals surface area contributed by atoms with Crippen molar-refractivity contribution in [1.82, 2.24) is 4.90 Å². The third-order valence-corrected chi connectivity index (χ3v) is 6.29. The first kappa shape index (κ1) is 21.5. The molecule has 1 saturated carbocycles. The summed E-state index contributed by atoms with van der Waals surface area (Å²) in [5.41, 5.74) is 3.52. The highest BCUT2D eigenvalue weighted by molar-refractivity contribution is 6.21. The Morgan fingerprint density at radius 2 is 1.52 bits per heavy atom. The summed E-state index contributed by atoms with van der Waals surface area (Å²) in [6, 6.07) is 17.5. The van der Waals surface area contributed by atoms with Crippen molar-refractivity contribution < 1.29 is 14.3 Å². The average Bonchev–Trinajstić information content (AvgIpc) is 3.05. The Balaban J connectivity index is 1.34. The normalized spacial score (nSPS) is 21.6. The Kier molecular flexibility index (Phi) is 6.67. The van der Waals surface area contributed by atoms with Gasteiger partial charge in [-0.2, -0.15) is 0 Å². The summed E-state index contributed by atoms with van der Waals surface area (Å²) < 4.78 is 6.30. The fraction of sp³-hybridized carbons (Fsp3) is 0.407. The van der Waals surface area contributed by atoms with Crippen LogP contribution in [0.3, 0.4) is 0 Å². The standard InChI is InChI=1S/C27H31NO3/c1-19(2)12-13-21(20-8-4-3-5-9-20)18-31-23-16-14-22(15-17-23)28-26(29)24-10-6-7-11-25(24)27(28)30/h3-11,13,19,22-23H,12,14-18H2,1-2H3/b21-13-. The van der Waals surface area contributed by atoms with Gasteiger partial charge < -0.3 is 4.74 Å². The molecule has 2 aliphatic rings. The quantitative estimate of drug-likeness (QED) is 0.540. The number of benzene rings is 2. The van der Waals surface area contributed by atoms with E-state index >= 15 is 0 Å². The van der Waals surface area contributed by atoms with E-state index in [9.17, 15) is 9.59 Å². The maximum atomic E-state index is 12.8. The lowest BCUT2D eigenvalue weighted by Gasteiger charge is -2.33. The molecule has 4 nitrogen and oxygen atoms in total. The summed E-state index contributed by atoms with van der Waals surface area (Å²) >= 11 is 0. The first-order chi connectivity index (χ1) is 15.0. The Hall–Kier alpha value is -2.72. The van der Waals surface area contributed by atoms with Gasteiger partial charge in [-0.1, -0.05) is 62.4 Å². The zero-order valence-electron chi connectivity index (χ0n) is 18.4. The van der Waals surface area contributed by atoms with Crippen molar-refractivity contribution in [3.05, 3.63) is 77.4 Å². The molecule has 0 atom stereocenters. The topological polar surface area (TPSA) is 46.6 Å². The third-order valence-electron chi connectivity index (χ3n) is 6.29. The van der Waals surface area contributed by atoms with Crippen LogP contribution in [0.5, 0.6) is 0 Å². The van der Waals surface area contributed by atoms with E-state index in [-0.39, 0.29) is 24.0 Å². The molecule has 4 heteroatoms. The monoisotopic (exact) mass is 417 g/mol. The highest BCUT2D eigenvalue weighted by Gasteiger charge is 2.40. The van der Waals surface area contributed by atoms with E-state index in [1.54, 1.807) is 12.1 Å². The minimum atomic E-state index is -0.145. The molecule has 1 fully saturated rings. The summed E-state index contributed by atoms with van der Waals surface area (Å²) in [5, 5.41) is 0. The van der Waals surface area contributed by atoms with Crippen molar-refractivity contribution in [2.75, 3.05) is 6.61 Å². The lowest BCUT2D eigenvalue weighted by atomic mass is 9.91. The predicted molar refractivity (Wildman–Crippen MR) is 123 cm³/mol. The number of nitrogens with zero attached hydrogens (tertiary/aromatic N) is 1. The molecule has 162 valence electrons. The van der Waals surface area contributed by atoms with Crippen molar-refractivity contribution in [3.63, 3.8) is 0 Å². The van der Waals surface area contributed by atoms with Crippen LogP contribution in [0.15, 0.2) is 60.7 Å². The van der Waals surface area contributed by atoms with E-state index in [0.29, 0.717) is 23.7 Å². The first-order valence-corrected chi connectivity index (χ1v) is 11.4. The van der Waals surface area contributed by atoms with Crippen LogP contribution in [0.4, 0.5) is 0 Å². The largest absolute Gasteiger partial charge is 0.374 e. The van der Waals surface area contributed by atoms with Crippen molar-refractivity contribution in [2.24, 2.45) is 5.92 Å². The summed E-state index contributed by atoms with van der Waals surface area (Å²) in [6.07, 6.45) is 6.82. The maximum Gasteiger partial charge on any atom is 0.261 e. The summed E-state index contributed by atoms with van der Waals surface area (Å²) in [7, 11) is 0. The maximum absolute atomic E-state index is 12.8. The van der Waals surface area contributed by atoms with E-state index in [4.69, 9.17) is 4.74 Å². The molecule has 2 aromatic rings. The Morgan fingerprint density at radius 1 is 0.935 bits per heavy atom. The molecule has 0 unspecified atom stereocenters. The van der Waals surface area contributed by atoms with Crippen LogP contribution in [0.2, 0.25) is 0 Å². The number of hydrogen-bond acceptors (Lipinski definition) is 3. The fourth-order valence-electron chi connectivity index (χ4n) is 4.51. The molecule has 0 bridgehead atoms. The van der Waals surface area contributed by atoms with Crippen LogP contribution in [-0.4, -0.2) is 35.5 Å². The second-order valence-electron chi connectivity index (χ2n) is 8.99. The Labute approximate surface area is 184 Å². The third kappa shape index (κ3) is 4.80. The van der Waals surface area contributed by atoms with Gasteiger partial charge in [0.25, 0.3) is 11.8 Å². The zero-order chi connectivity index (χ0) is 21.8. The van der Waals surface area contributed by atoms with Gasteiger partial charge in [0, 0.05) is 6.04 Å². The average molecular weight is 418 g/mol. The molecule has 31 heavy (non-hydrogen) atoms. The number of carbonyl (C=O) groups excluding carboxylic acids is 2.